The van der Waals surface area contributed by atoms with Gasteiger partial charge in [0.2, 0.25) is 0 Å². The normalized spacial score (nSPS) is 11.3. The molecule has 5 nitrogen and oxygen atoms in total. The minimum atomic E-state index is -0.0934. The number of methoxy groups -OCH3 is 1. The van der Waals surface area contributed by atoms with E-state index in [1.165, 1.54) is 108 Å². The van der Waals surface area contributed by atoms with E-state index < -0.39 is 0 Å². The molecule has 0 bridgehead atoms. The predicted molar refractivity (Wildman–Crippen MR) is 173 cm³/mol. The van der Waals surface area contributed by atoms with E-state index >= 15 is 0 Å². The minimum absolute atomic E-state index is 0.0934. The fourth-order valence-electron chi connectivity index (χ4n) is 5.76. The number of aryl methyl sites for hydroxylation is 2. The van der Waals surface area contributed by atoms with Crippen LogP contribution in [-0.2, 0) is 13.0 Å². The van der Waals surface area contributed by atoms with Gasteiger partial charge in [-0.15, -0.1) is 0 Å². The van der Waals surface area contributed by atoms with Crippen LogP contribution in [0.1, 0.15) is 132 Å². The highest BCUT2D eigenvalue weighted by Crippen LogP contribution is 2.20. The molecule has 0 unspecified atom stereocenters. The zero-order chi connectivity index (χ0) is 29.0. The van der Waals surface area contributed by atoms with E-state index in [2.05, 4.69) is 41.1 Å². The van der Waals surface area contributed by atoms with E-state index in [1.54, 1.807) is 13.2 Å². The second-order valence-electron chi connectivity index (χ2n) is 11.5. The number of carbonyl (C=O) groups excluding carboxylic acids is 1. The van der Waals surface area contributed by atoms with Gasteiger partial charge in [-0.1, -0.05) is 128 Å². The Morgan fingerprint density at radius 3 is 1.93 bits per heavy atom. The molecule has 0 fully saturated rings. The van der Waals surface area contributed by atoms with Crippen LogP contribution in [0.3, 0.4) is 0 Å². The fraction of sp³-hybridized carbons (Fsp3) is 0.611. The van der Waals surface area contributed by atoms with Crippen LogP contribution in [0.25, 0.3) is 11.0 Å². The molecule has 1 amide bonds. The molecule has 5 heteroatoms. The average Bonchev–Trinajstić information content (AvgIpc) is 3.36. The number of hydrogen-bond acceptors (Lipinski definition) is 3. The van der Waals surface area contributed by atoms with Gasteiger partial charge in [0.1, 0.15) is 11.6 Å². The van der Waals surface area contributed by atoms with Crippen LogP contribution >= 0.6 is 0 Å². The Kier molecular flexibility index (Phi) is 16.0. The summed E-state index contributed by atoms with van der Waals surface area (Å²) in [5, 5.41) is 3.04. The van der Waals surface area contributed by atoms with Crippen LogP contribution in [0, 0.1) is 0 Å². The molecular weight excluding hydrogens is 506 g/mol. The Morgan fingerprint density at radius 1 is 0.732 bits per heavy atom. The monoisotopic (exact) mass is 561 g/mol. The summed E-state index contributed by atoms with van der Waals surface area (Å²) < 4.78 is 7.73. The Labute approximate surface area is 249 Å². The summed E-state index contributed by atoms with van der Waals surface area (Å²) in [6.45, 7) is 3.92. The van der Waals surface area contributed by atoms with Gasteiger partial charge in [-0.25, -0.2) is 4.98 Å². The molecule has 0 radical (unpaired) electrons. The van der Waals surface area contributed by atoms with Crippen molar-refractivity contribution in [1.82, 2.24) is 14.9 Å². The van der Waals surface area contributed by atoms with Gasteiger partial charge in [0.25, 0.3) is 5.91 Å². The highest BCUT2D eigenvalue weighted by Gasteiger charge is 2.12. The van der Waals surface area contributed by atoms with Crippen LogP contribution < -0.4 is 10.1 Å². The lowest BCUT2D eigenvalue weighted by Crippen LogP contribution is -2.25. The molecule has 0 aliphatic rings. The molecule has 41 heavy (non-hydrogen) atoms. The van der Waals surface area contributed by atoms with Gasteiger partial charge in [-0.05, 0) is 37.1 Å². The summed E-state index contributed by atoms with van der Waals surface area (Å²) in [4.78, 5) is 17.5. The number of carbonyl (C=O) groups is 1. The van der Waals surface area contributed by atoms with Crippen molar-refractivity contribution in [2.75, 3.05) is 13.7 Å². The molecule has 0 aliphatic heterocycles. The van der Waals surface area contributed by atoms with Gasteiger partial charge in [0.15, 0.2) is 0 Å². The third-order valence-corrected chi connectivity index (χ3v) is 8.18. The van der Waals surface area contributed by atoms with Crippen molar-refractivity contribution in [3.63, 3.8) is 0 Å². The number of aromatic nitrogens is 2. The second kappa shape index (κ2) is 20.1. The average molecular weight is 562 g/mol. The molecule has 1 heterocycles. The maximum atomic E-state index is 12.6. The van der Waals surface area contributed by atoms with Gasteiger partial charge in [-0.3, -0.25) is 4.79 Å². The smallest absolute Gasteiger partial charge is 0.255 e. The highest BCUT2D eigenvalue weighted by molar-refractivity contribution is 5.96. The van der Waals surface area contributed by atoms with Crippen molar-refractivity contribution >= 4 is 16.9 Å². The number of fused-ring (bicyclic) bond motifs is 1. The number of amides is 1. The lowest BCUT2D eigenvalue weighted by molar-refractivity contribution is 0.0950. The van der Waals surface area contributed by atoms with E-state index in [1.807, 2.05) is 18.2 Å². The maximum Gasteiger partial charge on any atom is 0.255 e. The summed E-state index contributed by atoms with van der Waals surface area (Å²) in [6.07, 6.45) is 23.9. The van der Waals surface area contributed by atoms with Crippen LogP contribution in [0.5, 0.6) is 5.75 Å². The lowest BCUT2D eigenvalue weighted by atomic mass is 10.0. The number of benzene rings is 2. The first-order valence-corrected chi connectivity index (χ1v) is 16.6. The number of nitrogens with one attached hydrogen (secondary N) is 1. The maximum absolute atomic E-state index is 12.6. The first-order valence-electron chi connectivity index (χ1n) is 16.6. The van der Waals surface area contributed by atoms with Crippen LogP contribution in [0.4, 0.5) is 0 Å². The van der Waals surface area contributed by atoms with Gasteiger partial charge in [0, 0.05) is 19.5 Å². The van der Waals surface area contributed by atoms with Crippen molar-refractivity contribution < 1.29 is 9.53 Å². The van der Waals surface area contributed by atoms with Crippen molar-refractivity contribution in [3.05, 3.63) is 59.9 Å². The molecule has 1 N–H and O–H groups in total. The van der Waals surface area contributed by atoms with Crippen molar-refractivity contribution in [3.8, 4) is 5.75 Å². The molecular formula is C36H55N3O2. The SMILES string of the molecule is CCCCCCCCCCCCCCCCCCn1c(CCCNC(=O)c2ccccc2OC)nc2ccccc21. The second-order valence-corrected chi connectivity index (χ2v) is 11.5. The minimum Gasteiger partial charge on any atom is -0.496 e. The van der Waals surface area contributed by atoms with Gasteiger partial charge in [0.05, 0.1) is 23.7 Å². The van der Waals surface area contributed by atoms with E-state index in [-0.39, 0.29) is 5.91 Å². The molecule has 2 aromatic carbocycles. The lowest BCUT2D eigenvalue weighted by Gasteiger charge is -2.11. The number of unbranched alkanes of at least 4 members (excludes halogenated alkanes) is 15. The van der Waals surface area contributed by atoms with Crippen molar-refractivity contribution in [2.24, 2.45) is 0 Å². The Balaban J connectivity index is 1.29. The van der Waals surface area contributed by atoms with E-state index in [4.69, 9.17) is 9.72 Å². The number of rotatable bonds is 23. The Hall–Kier alpha value is -2.82. The van der Waals surface area contributed by atoms with Gasteiger partial charge >= 0.3 is 0 Å². The molecule has 0 saturated carbocycles. The van der Waals surface area contributed by atoms with Crippen molar-refractivity contribution in [2.45, 2.75) is 129 Å². The standard InChI is InChI=1S/C36H55N3O2/c1-3-4-5-6-7-8-9-10-11-12-13-14-15-16-17-22-30-39-33-26-20-19-25-32(33)38-35(39)28-23-29-37-36(40)31-24-18-21-27-34(31)41-2/h18-21,24-27H,3-17,22-23,28-30H2,1-2H3,(H,37,40). The quantitative estimate of drug-likeness (QED) is 0.117. The zero-order valence-corrected chi connectivity index (χ0v) is 26.0. The van der Waals surface area contributed by atoms with Crippen LogP contribution in [0.15, 0.2) is 48.5 Å². The largest absolute Gasteiger partial charge is 0.496 e. The first kappa shape index (κ1) is 32.7. The Bertz CT molecular complexity index is 1120. The highest BCUT2D eigenvalue weighted by atomic mass is 16.5. The van der Waals surface area contributed by atoms with Crippen LogP contribution in [-0.4, -0.2) is 29.1 Å². The van der Waals surface area contributed by atoms with Gasteiger partial charge in [-0.2, -0.15) is 0 Å². The number of imidazole rings is 1. The summed E-state index contributed by atoms with van der Waals surface area (Å²) in [5.41, 5.74) is 2.87. The van der Waals surface area contributed by atoms with Crippen molar-refractivity contribution in [1.29, 1.82) is 0 Å². The fourth-order valence-corrected chi connectivity index (χ4v) is 5.76. The predicted octanol–water partition coefficient (Wildman–Crippen LogP) is 9.67. The molecule has 226 valence electrons. The molecule has 0 aliphatic carbocycles. The van der Waals surface area contributed by atoms with E-state index in [0.717, 1.165) is 30.7 Å². The third kappa shape index (κ3) is 11.9. The molecule has 0 atom stereocenters. The molecule has 3 aromatic rings. The summed E-state index contributed by atoms with van der Waals surface area (Å²) in [6, 6.07) is 15.8. The molecule has 0 spiro atoms. The first-order chi connectivity index (χ1) is 20.2. The number of para-hydroxylation sites is 3. The summed E-state index contributed by atoms with van der Waals surface area (Å²) >= 11 is 0. The number of ether oxygens (including phenoxy) is 1. The number of nitrogens with zero attached hydrogens (tertiary/aromatic N) is 2. The number of hydrogen-bond donors (Lipinski definition) is 1. The third-order valence-electron chi connectivity index (χ3n) is 8.18. The Morgan fingerprint density at radius 2 is 1.29 bits per heavy atom. The summed E-state index contributed by atoms with van der Waals surface area (Å²) in [7, 11) is 1.59. The summed E-state index contributed by atoms with van der Waals surface area (Å²) in [5.74, 6) is 1.63. The van der Waals surface area contributed by atoms with Gasteiger partial charge < -0.3 is 14.6 Å². The molecule has 3 rings (SSSR count). The topological polar surface area (TPSA) is 56.2 Å². The van der Waals surface area contributed by atoms with Crippen LogP contribution in [0.2, 0.25) is 0 Å². The zero-order valence-electron chi connectivity index (χ0n) is 26.0. The molecule has 1 aromatic heterocycles. The van der Waals surface area contributed by atoms with E-state index in [9.17, 15) is 4.79 Å². The van der Waals surface area contributed by atoms with E-state index in [0.29, 0.717) is 17.9 Å². The molecule has 0 saturated heterocycles.